The zero-order valence-corrected chi connectivity index (χ0v) is 11.9. The molecule has 102 valence electrons. The molecule has 0 fully saturated rings. The fraction of sp³-hybridized carbons (Fsp3) is 0.250. The largest absolute Gasteiger partial charge is 0.348 e. The van der Waals surface area contributed by atoms with Crippen LogP contribution in [-0.2, 0) is 22.9 Å². The predicted octanol–water partition coefficient (Wildman–Crippen LogP) is 1.76. The Kier molecular flexibility index (Phi) is 4.24. The van der Waals surface area contributed by atoms with Crippen molar-refractivity contribution in [3.05, 3.63) is 47.0 Å². The molecule has 0 unspecified atom stereocenters. The molecule has 7 heteroatoms. The van der Waals surface area contributed by atoms with E-state index in [9.17, 15) is 8.42 Å². The van der Waals surface area contributed by atoms with Crippen LogP contribution in [-0.4, -0.2) is 24.6 Å². The van der Waals surface area contributed by atoms with Gasteiger partial charge in [-0.05, 0) is 12.1 Å². The third kappa shape index (κ3) is 3.56. The standard InChI is InChI=1S/C12H14ClN3O2S/c1-19(17,18)11-4-2-3-10(13)9(11)7-14-8-12-15-5-6-16-12/h2-6,14H,7-8H2,1H3,(H,15,16). The monoisotopic (exact) mass is 299 g/mol. The molecule has 0 bridgehead atoms. The van der Waals surface area contributed by atoms with Crippen LogP contribution in [0.4, 0.5) is 0 Å². The number of rotatable bonds is 5. The summed E-state index contributed by atoms with van der Waals surface area (Å²) in [5.74, 6) is 0.785. The van der Waals surface area contributed by atoms with E-state index < -0.39 is 9.84 Å². The third-order valence-electron chi connectivity index (χ3n) is 2.62. The van der Waals surface area contributed by atoms with E-state index in [1.165, 1.54) is 6.26 Å². The van der Waals surface area contributed by atoms with Gasteiger partial charge in [0.25, 0.3) is 0 Å². The Morgan fingerprint density at radius 1 is 1.37 bits per heavy atom. The van der Waals surface area contributed by atoms with Gasteiger partial charge in [0.1, 0.15) is 5.82 Å². The van der Waals surface area contributed by atoms with Crippen molar-refractivity contribution in [3.63, 3.8) is 0 Å². The number of nitrogens with one attached hydrogen (secondary N) is 2. The maximum absolute atomic E-state index is 11.7. The quantitative estimate of drug-likeness (QED) is 0.882. The lowest BCUT2D eigenvalue weighted by atomic mass is 10.2. The van der Waals surface area contributed by atoms with Crippen molar-refractivity contribution in [2.75, 3.05) is 6.26 Å². The second-order valence-electron chi connectivity index (χ2n) is 4.13. The molecule has 0 radical (unpaired) electrons. The van der Waals surface area contributed by atoms with Gasteiger partial charge in [0.05, 0.1) is 11.4 Å². The third-order valence-corrected chi connectivity index (χ3v) is 4.16. The molecule has 1 aromatic heterocycles. The Hall–Kier alpha value is -1.37. The molecule has 0 saturated heterocycles. The normalized spacial score (nSPS) is 11.7. The number of sulfone groups is 1. The number of imidazole rings is 1. The van der Waals surface area contributed by atoms with Crippen LogP contribution in [0.2, 0.25) is 5.02 Å². The van der Waals surface area contributed by atoms with Gasteiger partial charge in [-0.1, -0.05) is 17.7 Å². The molecular formula is C12H14ClN3O2S. The molecule has 0 saturated carbocycles. The summed E-state index contributed by atoms with van der Waals surface area (Å²) in [5, 5.41) is 3.55. The van der Waals surface area contributed by atoms with Crippen molar-refractivity contribution >= 4 is 21.4 Å². The molecule has 0 aliphatic heterocycles. The zero-order valence-electron chi connectivity index (χ0n) is 10.4. The maximum atomic E-state index is 11.7. The highest BCUT2D eigenvalue weighted by atomic mass is 35.5. The first-order valence-electron chi connectivity index (χ1n) is 5.65. The highest BCUT2D eigenvalue weighted by molar-refractivity contribution is 7.90. The molecule has 1 aromatic carbocycles. The van der Waals surface area contributed by atoms with Crippen molar-refractivity contribution in [1.82, 2.24) is 15.3 Å². The minimum absolute atomic E-state index is 0.256. The Morgan fingerprint density at radius 3 is 2.79 bits per heavy atom. The summed E-state index contributed by atoms with van der Waals surface area (Å²) in [7, 11) is -3.29. The number of hydrogen-bond acceptors (Lipinski definition) is 4. The van der Waals surface area contributed by atoms with Gasteiger partial charge in [-0.3, -0.25) is 0 Å². The average molecular weight is 300 g/mol. The summed E-state index contributed by atoms with van der Waals surface area (Å²) in [6.45, 7) is 0.879. The molecule has 0 amide bonds. The van der Waals surface area contributed by atoms with Gasteiger partial charge in [-0.15, -0.1) is 0 Å². The van der Waals surface area contributed by atoms with E-state index in [2.05, 4.69) is 15.3 Å². The lowest BCUT2D eigenvalue weighted by Gasteiger charge is -2.10. The summed E-state index contributed by atoms with van der Waals surface area (Å²) < 4.78 is 23.4. The molecule has 19 heavy (non-hydrogen) atoms. The SMILES string of the molecule is CS(=O)(=O)c1cccc(Cl)c1CNCc1ncc[nH]1. The fourth-order valence-corrected chi connectivity index (χ4v) is 3.01. The first kappa shape index (κ1) is 14.0. The first-order chi connectivity index (χ1) is 8.98. The summed E-state index contributed by atoms with van der Waals surface area (Å²) >= 11 is 6.07. The van der Waals surface area contributed by atoms with Crippen LogP contribution in [0, 0.1) is 0 Å². The van der Waals surface area contributed by atoms with Crippen LogP contribution in [0.25, 0.3) is 0 Å². The summed E-state index contributed by atoms with van der Waals surface area (Å²) in [6.07, 6.45) is 4.57. The molecule has 0 spiro atoms. The molecule has 5 nitrogen and oxygen atoms in total. The number of hydrogen-bond donors (Lipinski definition) is 2. The van der Waals surface area contributed by atoms with Gasteiger partial charge in [-0.25, -0.2) is 13.4 Å². The van der Waals surface area contributed by atoms with Crippen molar-refractivity contribution < 1.29 is 8.42 Å². The molecule has 2 N–H and O–H groups in total. The lowest BCUT2D eigenvalue weighted by molar-refractivity contribution is 0.598. The summed E-state index contributed by atoms with van der Waals surface area (Å²) in [6, 6.07) is 4.88. The molecule has 0 aliphatic rings. The summed E-state index contributed by atoms with van der Waals surface area (Å²) in [4.78, 5) is 7.29. The molecular weight excluding hydrogens is 286 g/mol. The summed E-state index contributed by atoms with van der Waals surface area (Å²) in [5.41, 5.74) is 0.582. The fourth-order valence-electron chi connectivity index (χ4n) is 1.76. The van der Waals surface area contributed by atoms with E-state index in [0.29, 0.717) is 23.7 Å². The molecule has 0 aliphatic carbocycles. The van der Waals surface area contributed by atoms with E-state index in [4.69, 9.17) is 11.6 Å². The van der Waals surface area contributed by atoms with Crippen molar-refractivity contribution in [2.24, 2.45) is 0 Å². The van der Waals surface area contributed by atoms with Crippen LogP contribution in [0.1, 0.15) is 11.4 Å². The smallest absolute Gasteiger partial charge is 0.175 e. The minimum Gasteiger partial charge on any atom is -0.348 e. The van der Waals surface area contributed by atoms with E-state index in [1.54, 1.807) is 30.6 Å². The highest BCUT2D eigenvalue weighted by Crippen LogP contribution is 2.23. The first-order valence-corrected chi connectivity index (χ1v) is 7.92. The zero-order chi connectivity index (χ0) is 13.9. The van der Waals surface area contributed by atoms with E-state index in [-0.39, 0.29) is 4.90 Å². The maximum Gasteiger partial charge on any atom is 0.175 e. The van der Waals surface area contributed by atoms with Crippen molar-refractivity contribution in [2.45, 2.75) is 18.0 Å². The second kappa shape index (κ2) is 5.73. The number of halogens is 1. The van der Waals surface area contributed by atoms with Crippen LogP contribution < -0.4 is 5.32 Å². The molecule has 2 rings (SSSR count). The van der Waals surface area contributed by atoms with Crippen LogP contribution in [0.15, 0.2) is 35.5 Å². The average Bonchev–Trinajstić information content (AvgIpc) is 2.82. The lowest BCUT2D eigenvalue weighted by Crippen LogP contribution is -2.16. The second-order valence-corrected chi connectivity index (χ2v) is 6.52. The molecule has 2 aromatic rings. The van der Waals surface area contributed by atoms with Crippen LogP contribution in [0.5, 0.6) is 0 Å². The number of benzene rings is 1. The molecule has 0 atom stereocenters. The van der Waals surface area contributed by atoms with Gasteiger partial charge in [-0.2, -0.15) is 0 Å². The predicted molar refractivity (Wildman–Crippen MR) is 73.7 cm³/mol. The number of H-pyrrole nitrogens is 1. The van der Waals surface area contributed by atoms with Crippen LogP contribution >= 0.6 is 11.6 Å². The van der Waals surface area contributed by atoms with E-state index in [1.807, 2.05) is 0 Å². The number of nitrogens with zero attached hydrogens (tertiary/aromatic N) is 1. The molecule has 1 heterocycles. The van der Waals surface area contributed by atoms with Gasteiger partial charge < -0.3 is 10.3 Å². The van der Waals surface area contributed by atoms with Crippen molar-refractivity contribution in [3.8, 4) is 0 Å². The highest BCUT2D eigenvalue weighted by Gasteiger charge is 2.15. The Bertz CT molecular complexity index is 654. The van der Waals surface area contributed by atoms with E-state index >= 15 is 0 Å². The van der Waals surface area contributed by atoms with Gasteiger partial charge in [0, 0.05) is 35.8 Å². The van der Waals surface area contributed by atoms with Gasteiger partial charge >= 0.3 is 0 Å². The number of aromatic nitrogens is 2. The van der Waals surface area contributed by atoms with Crippen molar-refractivity contribution in [1.29, 1.82) is 0 Å². The Balaban J connectivity index is 2.15. The Morgan fingerprint density at radius 2 is 2.16 bits per heavy atom. The topological polar surface area (TPSA) is 74.8 Å². The Labute approximate surface area is 116 Å². The van der Waals surface area contributed by atoms with Gasteiger partial charge in [0.2, 0.25) is 0 Å². The number of aromatic amines is 1. The minimum atomic E-state index is -3.29. The van der Waals surface area contributed by atoms with Gasteiger partial charge in [0.15, 0.2) is 9.84 Å². The van der Waals surface area contributed by atoms with E-state index in [0.717, 1.165) is 5.82 Å². The van der Waals surface area contributed by atoms with Crippen LogP contribution in [0.3, 0.4) is 0 Å².